The summed E-state index contributed by atoms with van der Waals surface area (Å²) in [5.41, 5.74) is 8.73. The number of benzene rings is 1. The molecule has 0 aliphatic heterocycles. The van der Waals surface area contributed by atoms with Gasteiger partial charge in [-0.2, -0.15) is 0 Å². The van der Waals surface area contributed by atoms with Crippen molar-refractivity contribution in [2.24, 2.45) is 5.92 Å². The Kier molecular flexibility index (Phi) is 3.74. The first-order valence-electron chi connectivity index (χ1n) is 6.46. The van der Waals surface area contributed by atoms with Crippen molar-refractivity contribution < 1.29 is 4.79 Å². The number of nitrogens with zero attached hydrogens (tertiary/aromatic N) is 2. The minimum absolute atomic E-state index is 0.0414. The van der Waals surface area contributed by atoms with E-state index in [1.165, 1.54) is 0 Å². The number of hydrogen-bond donors (Lipinski definition) is 2. The summed E-state index contributed by atoms with van der Waals surface area (Å²) in [6, 6.07) is 5.91. The quantitative estimate of drug-likeness (QED) is 0.878. The maximum Gasteiger partial charge on any atom is 0.240 e. The second-order valence-electron chi connectivity index (χ2n) is 5.25. The number of hydrogen-bond acceptors (Lipinski definition) is 3. The SMILES string of the molecule is Cc1ccc2c(c1)nc(N)n2CC(=O)NCC(C)C. The van der Waals surface area contributed by atoms with Crippen LogP contribution >= 0.6 is 0 Å². The molecule has 1 amide bonds. The molecule has 0 aliphatic rings. The smallest absolute Gasteiger partial charge is 0.240 e. The number of nitrogens with two attached hydrogens (primary N) is 1. The third-order valence-electron chi connectivity index (χ3n) is 2.94. The number of anilines is 1. The summed E-state index contributed by atoms with van der Waals surface area (Å²) in [5.74, 6) is 0.768. The highest BCUT2D eigenvalue weighted by molar-refractivity contribution is 5.83. The molecule has 0 fully saturated rings. The molecule has 3 N–H and O–H groups in total. The lowest BCUT2D eigenvalue weighted by molar-refractivity contribution is -0.121. The second-order valence-corrected chi connectivity index (χ2v) is 5.25. The average molecular weight is 260 g/mol. The van der Waals surface area contributed by atoms with Crippen LogP contribution in [-0.2, 0) is 11.3 Å². The summed E-state index contributed by atoms with van der Waals surface area (Å²) in [7, 11) is 0. The molecule has 1 aromatic heterocycles. The van der Waals surface area contributed by atoms with E-state index in [0.717, 1.165) is 16.6 Å². The topological polar surface area (TPSA) is 72.9 Å². The first kappa shape index (κ1) is 13.4. The Hall–Kier alpha value is -2.04. The molecule has 0 saturated carbocycles. The fourth-order valence-corrected chi connectivity index (χ4v) is 1.94. The van der Waals surface area contributed by atoms with Crippen LogP contribution in [0.25, 0.3) is 11.0 Å². The summed E-state index contributed by atoms with van der Waals surface area (Å²) >= 11 is 0. The van der Waals surface area contributed by atoms with Crippen molar-refractivity contribution in [3.05, 3.63) is 23.8 Å². The predicted molar refractivity (Wildman–Crippen MR) is 76.7 cm³/mol. The Balaban J connectivity index is 2.20. The Morgan fingerprint density at radius 2 is 2.21 bits per heavy atom. The van der Waals surface area contributed by atoms with Crippen LogP contribution in [0.2, 0.25) is 0 Å². The maximum absolute atomic E-state index is 11.9. The number of aromatic nitrogens is 2. The van der Waals surface area contributed by atoms with Crippen LogP contribution in [-0.4, -0.2) is 22.0 Å². The molecule has 1 aromatic carbocycles. The molecule has 0 spiro atoms. The molecule has 2 aromatic rings. The Morgan fingerprint density at radius 1 is 1.47 bits per heavy atom. The molecular formula is C14H20N4O. The van der Waals surface area contributed by atoms with Gasteiger partial charge in [0.05, 0.1) is 11.0 Å². The Bertz CT molecular complexity index is 601. The summed E-state index contributed by atoms with van der Waals surface area (Å²) in [4.78, 5) is 16.1. The van der Waals surface area contributed by atoms with Gasteiger partial charge in [0.1, 0.15) is 6.54 Å². The van der Waals surface area contributed by atoms with Crippen LogP contribution < -0.4 is 11.1 Å². The maximum atomic E-state index is 11.9. The third kappa shape index (κ3) is 3.05. The molecule has 0 radical (unpaired) electrons. The molecule has 0 saturated heterocycles. The highest BCUT2D eigenvalue weighted by Gasteiger charge is 2.11. The molecule has 0 unspecified atom stereocenters. The normalized spacial score (nSPS) is 11.2. The van der Waals surface area contributed by atoms with Gasteiger partial charge in [-0.05, 0) is 30.5 Å². The zero-order valence-electron chi connectivity index (χ0n) is 11.6. The molecule has 2 rings (SSSR count). The highest BCUT2D eigenvalue weighted by Crippen LogP contribution is 2.18. The van der Waals surface area contributed by atoms with Gasteiger partial charge in [0.25, 0.3) is 0 Å². The third-order valence-corrected chi connectivity index (χ3v) is 2.94. The summed E-state index contributed by atoms with van der Waals surface area (Å²) in [6.45, 7) is 7.00. The lowest BCUT2D eigenvalue weighted by Gasteiger charge is -2.09. The largest absolute Gasteiger partial charge is 0.369 e. The lowest BCUT2D eigenvalue weighted by Crippen LogP contribution is -2.30. The van der Waals surface area contributed by atoms with Crippen LogP contribution in [0.1, 0.15) is 19.4 Å². The number of fused-ring (bicyclic) bond motifs is 1. The van der Waals surface area contributed by atoms with Crippen LogP contribution in [0, 0.1) is 12.8 Å². The molecule has 1 heterocycles. The number of amides is 1. The minimum atomic E-state index is -0.0414. The molecule has 19 heavy (non-hydrogen) atoms. The van der Waals surface area contributed by atoms with Gasteiger partial charge in [-0.15, -0.1) is 0 Å². The van der Waals surface area contributed by atoms with E-state index < -0.39 is 0 Å². The zero-order chi connectivity index (χ0) is 14.0. The fourth-order valence-electron chi connectivity index (χ4n) is 1.94. The van der Waals surface area contributed by atoms with Gasteiger partial charge in [-0.1, -0.05) is 19.9 Å². The first-order chi connectivity index (χ1) is 8.97. The van der Waals surface area contributed by atoms with Crippen LogP contribution in [0.15, 0.2) is 18.2 Å². The van der Waals surface area contributed by atoms with Crippen molar-refractivity contribution in [1.82, 2.24) is 14.9 Å². The number of carbonyl (C=O) groups is 1. The Labute approximate surface area is 112 Å². The van der Waals surface area contributed by atoms with Crippen LogP contribution in [0.5, 0.6) is 0 Å². The Morgan fingerprint density at radius 3 is 2.89 bits per heavy atom. The van der Waals surface area contributed by atoms with Crippen molar-refractivity contribution >= 4 is 22.9 Å². The van der Waals surface area contributed by atoms with Gasteiger partial charge in [0.15, 0.2) is 0 Å². The van der Waals surface area contributed by atoms with Crippen molar-refractivity contribution in [2.45, 2.75) is 27.3 Å². The van der Waals surface area contributed by atoms with Crippen molar-refractivity contribution in [2.75, 3.05) is 12.3 Å². The average Bonchev–Trinajstić information content (AvgIpc) is 2.62. The number of rotatable bonds is 4. The first-order valence-corrected chi connectivity index (χ1v) is 6.46. The lowest BCUT2D eigenvalue weighted by atomic mass is 10.2. The van der Waals surface area contributed by atoms with E-state index >= 15 is 0 Å². The zero-order valence-corrected chi connectivity index (χ0v) is 11.6. The monoisotopic (exact) mass is 260 g/mol. The number of nitrogens with one attached hydrogen (secondary N) is 1. The standard InChI is InChI=1S/C14H20N4O/c1-9(2)7-16-13(19)8-18-12-5-4-10(3)6-11(12)17-14(18)15/h4-6,9H,7-8H2,1-3H3,(H2,15,17)(H,16,19). The van der Waals surface area contributed by atoms with Gasteiger partial charge in [-0.25, -0.2) is 4.98 Å². The van der Waals surface area contributed by atoms with Crippen LogP contribution in [0.4, 0.5) is 5.95 Å². The highest BCUT2D eigenvalue weighted by atomic mass is 16.1. The van der Waals surface area contributed by atoms with E-state index in [1.807, 2.05) is 25.1 Å². The fraction of sp³-hybridized carbons (Fsp3) is 0.429. The minimum Gasteiger partial charge on any atom is -0.369 e. The van der Waals surface area contributed by atoms with Crippen molar-refractivity contribution in [3.63, 3.8) is 0 Å². The molecule has 0 aliphatic carbocycles. The van der Waals surface area contributed by atoms with E-state index in [-0.39, 0.29) is 12.5 Å². The van der Waals surface area contributed by atoms with E-state index in [2.05, 4.69) is 24.1 Å². The number of aryl methyl sites for hydroxylation is 1. The van der Waals surface area contributed by atoms with E-state index in [9.17, 15) is 4.79 Å². The second kappa shape index (κ2) is 5.30. The van der Waals surface area contributed by atoms with Gasteiger partial charge in [-0.3, -0.25) is 4.79 Å². The number of nitrogen functional groups attached to an aromatic ring is 1. The van der Waals surface area contributed by atoms with Crippen molar-refractivity contribution in [1.29, 1.82) is 0 Å². The summed E-state index contributed by atoms with van der Waals surface area (Å²) in [5, 5.41) is 2.88. The molecule has 5 heteroatoms. The summed E-state index contributed by atoms with van der Waals surface area (Å²) in [6.07, 6.45) is 0. The van der Waals surface area contributed by atoms with Gasteiger partial charge in [0.2, 0.25) is 11.9 Å². The molecule has 0 atom stereocenters. The van der Waals surface area contributed by atoms with E-state index in [0.29, 0.717) is 18.4 Å². The van der Waals surface area contributed by atoms with Gasteiger partial charge in [0, 0.05) is 6.54 Å². The number of imidazole rings is 1. The van der Waals surface area contributed by atoms with Crippen LogP contribution in [0.3, 0.4) is 0 Å². The van der Waals surface area contributed by atoms with Gasteiger partial charge < -0.3 is 15.6 Å². The molecular weight excluding hydrogens is 240 g/mol. The van der Waals surface area contributed by atoms with Crippen molar-refractivity contribution in [3.8, 4) is 0 Å². The molecule has 5 nitrogen and oxygen atoms in total. The van der Waals surface area contributed by atoms with E-state index in [4.69, 9.17) is 5.73 Å². The molecule has 0 bridgehead atoms. The van der Waals surface area contributed by atoms with E-state index in [1.54, 1.807) is 4.57 Å². The molecule has 102 valence electrons. The summed E-state index contributed by atoms with van der Waals surface area (Å²) < 4.78 is 1.74. The van der Waals surface area contributed by atoms with Gasteiger partial charge >= 0.3 is 0 Å². The predicted octanol–water partition coefficient (Wildman–Crippen LogP) is 1.70. The number of carbonyl (C=O) groups excluding carboxylic acids is 1.